The molecule has 4 rings (SSSR count). The molecule has 2 aromatic carbocycles. The van der Waals surface area contributed by atoms with Crippen LogP contribution in [0.4, 0.5) is 5.95 Å². The Morgan fingerprint density at radius 2 is 1.97 bits per heavy atom. The number of fused-ring (bicyclic) bond motifs is 1. The van der Waals surface area contributed by atoms with E-state index >= 15 is 0 Å². The fraction of sp³-hybridized carbons (Fsp3) is 0.100. The zero-order valence-electron chi connectivity index (χ0n) is 15.5. The van der Waals surface area contributed by atoms with Gasteiger partial charge in [0.25, 0.3) is 5.56 Å². The number of hydrogen-bond acceptors (Lipinski definition) is 5. The van der Waals surface area contributed by atoms with Gasteiger partial charge in [0.05, 0.1) is 12.8 Å². The Balaban J connectivity index is 1.80. The smallest absolute Gasteiger partial charge is 0.298 e. The van der Waals surface area contributed by atoms with Gasteiger partial charge in [-0.05, 0) is 23.3 Å². The second kappa shape index (κ2) is 7.88. The summed E-state index contributed by atoms with van der Waals surface area (Å²) in [5.41, 5.74) is 4.34. The first-order chi connectivity index (χ1) is 14.0. The molecule has 2 heterocycles. The van der Waals surface area contributed by atoms with Gasteiger partial charge in [0.2, 0.25) is 5.95 Å². The fourth-order valence-corrected chi connectivity index (χ4v) is 3.44. The van der Waals surface area contributed by atoms with E-state index in [-0.39, 0.29) is 5.65 Å². The minimum absolute atomic E-state index is 0.283. The van der Waals surface area contributed by atoms with Gasteiger partial charge in [-0.1, -0.05) is 58.4 Å². The van der Waals surface area contributed by atoms with Crippen LogP contribution in [-0.2, 0) is 13.6 Å². The molecule has 0 saturated carbocycles. The van der Waals surface area contributed by atoms with Crippen LogP contribution >= 0.6 is 15.9 Å². The predicted octanol–water partition coefficient (Wildman–Crippen LogP) is 2.68. The van der Waals surface area contributed by atoms with E-state index in [4.69, 9.17) is 0 Å². The van der Waals surface area contributed by atoms with E-state index in [0.717, 1.165) is 15.6 Å². The van der Waals surface area contributed by atoms with Crippen molar-refractivity contribution in [1.29, 1.82) is 0 Å². The average Bonchev–Trinajstić information content (AvgIpc) is 3.06. The van der Waals surface area contributed by atoms with E-state index in [1.165, 1.54) is 4.57 Å². The van der Waals surface area contributed by atoms with Crippen molar-refractivity contribution in [2.45, 2.75) is 6.54 Å². The van der Waals surface area contributed by atoms with Crippen molar-refractivity contribution in [3.8, 4) is 0 Å². The highest BCUT2D eigenvalue weighted by molar-refractivity contribution is 9.10. The number of anilines is 1. The molecule has 4 aromatic rings. The van der Waals surface area contributed by atoms with E-state index < -0.39 is 11.2 Å². The van der Waals surface area contributed by atoms with Crippen LogP contribution in [0, 0.1) is 0 Å². The second-order valence-electron chi connectivity index (χ2n) is 6.42. The number of nitrogens with zero attached hydrogens (tertiary/aromatic N) is 4. The van der Waals surface area contributed by atoms with Gasteiger partial charge in [-0.15, -0.1) is 0 Å². The topological polar surface area (TPSA) is 97.1 Å². The molecular formula is C20H17BrN6O2. The number of nitrogens with one attached hydrogen (secondary N) is 2. The van der Waals surface area contributed by atoms with Crippen molar-refractivity contribution in [1.82, 2.24) is 19.1 Å². The van der Waals surface area contributed by atoms with Crippen LogP contribution in [0.3, 0.4) is 0 Å². The number of aromatic nitrogens is 4. The lowest BCUT2D eigenvalue weighted by Gasteiger charge is -2.08. The zero-order chi connectivity index (χ0) is 20.4. The third-order valence-corrected chi connectivity index (χ3v) is 4.91. The van der Waals surface area contributed by atoms with Crippen LogP contribution in [0.5, 0.6) is 0 Å². The van der Waals surface area contributed by atoms with Crippen LogP contribution in [0.2, 0.25) is 0 Å². The molecule has 0 aliphatic rings. The molecule has 0 unspecified atom stereocenters. The molecule has 0 atom stereocenters. The van der Waals surface area contributed by atoms with Crippen LogP contribution < -0.4 is 16.7 Å². The number of rotatable bonds is 5. The SMILES string of the molecule is Cn1c(=O)[nH]c(=O)c2c1nc(N/N=C\c1ccccc1)n2Cc1cccc(Br)c1. The Morgan fingerprint density at radius 3 is 2.72 bits per heavy atom. The second-order valence-corrected chi connectivity index (χ2v) is 7.34. The van der Waals surface area contributed by atoms with Gasteiger partial charge >= 0.3 is 5.69 Å². The lowest BCUT2D eigenvalue weighted by Crippen LogP contribution is -2.29. The highest BCUT2D eigenvalue weighted by Crippen LogP contribution is 2.19. The van der Waals surface area contributed by atoms with Crippen molar-refractivity contribution in [3.63, 3.8) is 0 Å². The summed E-state index contributed by atoms with van der Waals surface area (Å²) in [4.78, 5) is 31.3. The maximum Gasteiger partial charge on any atom is 0.329 e. The zero-order valence-corrected chi connectivity index (χ0v) is 17.0. The molecule has 8 nitrogen and oxygen atoms in total. The van der Waals surface area contributed by atoms with E-state index in [1.807, 2.05) is 54.6 Å². The molecule has 0 aliphatic carbocycles. The normalized spacial score (nSPS) is 11.4. The number of halogens is 1. The number of aryl methyl sites for hydroxylation is 1. The quantitative estimate of drug-likeness (QED) is 0.359. The molecule has 2 N–H and O–H groups in total. The van der Waals surface area contributed by atoms with Crippen molar-refractivity contribution in [3.05, 3.63) is 91.0 Å². The molecule has 0 radical (unpaired) electrons. The molecule has 0 spiro atoms. The lowest BCUT2D eigenvalue weighted by atomic mass is 10.2. The van der Waals surface area contributed by atoms with E-state index in [9.17, 15) is 9.59 Å². The minimum atomic E-state index is -0.519. The summed E-state index contributed by atoms with van der Waals surface area (Å²) >= 11 is 3.46. The molecule has 9 heteroatoms. The van der Waals surface area contributed by atoms with Gasteiger partial charge in [0, 0.05) is 11.5 Å². The highest BCUT2D eigenvalue weighted by Gasteiger charge is 2.17. The van der Waals surface area contributed by atoms with Gasteiger partial charge in [0.15, 0.2) is 11.2 Å². The first-order valence-corrected chi connectivity index (χ1v) is 9.60. The van der Waals surface area contributed by atoms with Crippen LogP contribution in [0.15, 0.2) is 73.8 Å². The minimum Gasteiger partial charge on any atom is -0.298 e. The lowest BCUT2D eigenvalue weighted by molar-refractivity contribution is 0.808. The van der Waals surface area contributed by atoms with Crippen molar-refractivity contribution in [2.24, 2.45) is 12.1 Å². The largest absolute Gasteiger partial charge is 0.329 e. The first kappa shape index (κ1) is 18.9. The Labute approximate surface area is 173 Å². The predicted molar refractivity (Wildman–Crippen MR) is 116 cm³/mol. The molecular weight excluding hydrogens is 436 g/mol. The van der Waals surface area contributed by atoms with Gasteiger partial charge in [0.1, 0.15) is 0 Å². The summed E-state index contributed by atoms with van der Waals surface area (Å²) in [6.45, 7) is 0.375. The Hall–Kier alpha value is -3.46. The monoisotopic (exact) mass is 452 g/mol. The number of hydrogen-bond donors (Lipinski definition) is 2. The Bertz CT molecular complexity index is 1320. The Kier molecular flexibility index (Phi) is 5.13. The van der Waals surface area contributed by atoms with Gasteiger partial charge in [-0.25, -0.2) is 10.2 Å². The third-order valence-electron chi connectivity index (χ3n) is 4.41. The van der Waals surface area contributed by atoms with Crippen LogP contribution in [0.25, 0.3) is 11.2 Å². The summed E-state index contributed by atoms with van der Waals surface area (Å²) in [6.07, 6.45) is 1.66. The Morgan fingerprint density at radius 1 is 1.17 bits per heavy atom. The summed E-state index contributed by atoms with van der Waals surface area (Å²) < 4.78 is 3.94. The van der Waals surface area contributed by atoms with Crippen molar-refractivity contribution >= 4 is 39.3 Å². The highest BCUT2D eigenvalue weighted by atomic mass is 79.9. The fourth-order valence-electron chi connectivity index (χ4n) is 3.00. The van der Waals surface area contributed by atoms with Gasteiger partial charge in [-0.3, -0.25) is 18.9 Å². The summed E-state index contributed by atoms with van der Waals surface area (Å²) in [5.74, 6) is 0.360. The number of benzene rings is 2. The standard InChI is InChI=1S/C20H17BrN6O2/c1-26-17-16(18(28)24-20(26)29)27(12-14-8-5-9-15(21)10-14)19(23-17)25-22-11-13-6-3-2-4-7-13/h2-11H,12H2,1H3,(H,23,25)(H,24,28,29)/b22-11-. The van der Waals surface area contributed by atoms with Crippen LogP contribution in [0.1, 0.15) is 11.1 Å². The summed E-state index contributed by atoms with van der Waals surface area (Å²) in [5, 5.41) is 4.24. The molecule has 0 fully saturated rings. The molecule has 0 aliphatic heterocycles. The summed E-state index contributed by atoms with van der Waals surface area (Å²) in [7, 11) is 1.56. The van der Waals surface area contributed by atoms with Gasteiger partial charge in [-0.2, -0.15) is 10.1 Å². The third kappa shape index (κ3) is 3.90. The van der Waals surface area contributed by atoms with E-state index in [0.29, 0.717) is 18.0 Å². The van der Waals surface area contributed by atoms with E-state index in [2.05, 4.69) is 36.4 Å². The van der Waals surface area contributed by atoms with Gasteiger partial charge < -0.3 is 0 Å². The molecule has 29 heavy (non-hydrogen) atoms. The maximum absolute atomic E-state index is 12.5. The summed E-state index contributed by atoms with van der Waals surface area (Å²) in [6, 6.07) is 17.3. The number of H-pyrrole nitrogens is 1. The average molecular weight is 453 g/mol. The first-order valence-electron chi connectivity index (χ1n) is 8.81. The number of hydrazone groups is 1. The van der Waals surface area contributed by atoms with Crippen molar-refractivity contribution in [2.75, 3.05) is 5.43 Å². The van der Waals surface area contributed by atoms with Crippen molar-refractivity contribution < 1.29 is 0 Å². The molecule has 146 valence electrons. The van der Waals surface area contributed by atoms with Crippen LogP contribution in [-0.4, -0.2) is 25.3 Å². The molecule has 2 aromatic heterocycles. The number of imidazole rings is 1. The molecule has 0 bridgehead atoms. The maximum atomic E-state index is 12.5. The molecule has 0 saturated heterocycles. The number of aromatic amines is 1. The molecule has 0 amide bonds. The van der Waals surface area contributed by atoms with E-state index in [1.54, 1.807) is 17.8 Å².